The molecule has 2 aromatic carbocycles. The summed E-state index contributed by atoms with van der Waals surface area (Å²) in [6.07, 6.45) is 1.48. The molecule has 1 aromatic heterocycles. The zero-order chi connectivity index (χ0) is 21.8. The molecule has 1 saturated heterocycles. The molecule has 0 saturated carbocycles. The van der Waals surface area contributed by atoms with Gasteiger partial charge in [-0.15, -0.1) is 0 Å². The number of benzene rings is 2. The predicted octanol–water partition coefficient (Wildman–Crippen LogP) is 5.51. The minimum Gasteiger partial charge on any atom is -0.457 e. The van der Waals surface area contributed by atoms with Crippen LogP contribution in [0.3, 0.4) is 0 Å². The van der Waals surface area contributed by atoms with Crippen LogP contribution < -0.4 is 4.90 Å². The summed E-state index contributed by atoms with van der Waals surface area (Å²) in [7, 11) is 0. The highest BCUT2D eigenvalue weighted by molar-refractivity contribution is 6.42. The molecule has 4 rings (SSSR count). The first kappa shape index (κ1) is 21.0. The summed E-state index contributed by atoms with van der Waals surface area (Å²) >= 11 is 12.0. The summed E-state index contributed by atoms with van der Waals surface area (Å²) < 4.78 is 5.80. The van der Waals surface area contributed by atoms with Crippen LogP contribution >= 0.6 is 23.2 Å². The molecule has 0 unspecified atom stereocenters. The number of nitriles is 1. The molecule has 0 bridgehead atoms. The molecule has 1 aliphatic heterocycles. The van der Waals surface area contributed by atoms with E-state index in [4.69, 9.17) is 27.6 Å². The van der Waals surface area contributed by atoms with Gasteiger partial charge in [0.2, 0.25) is 0 Å². The highest BCUT2D eigenvalue weighted by Crippen LogP contribution is 2.30. The van der Waals surface area contributed by atoms with Crippen LogP contribution in [-0.2, 0) is 4.79 Å². The lowest BCUT2D eigenvalue weighted by atomic mass is 10.1. The van der Waals surface area contributed by atoms with E-state index in [-0.39, 0.29) is 11.5 Å². The summed E-state index contributed by atoms with van der Waals surface area (Å²) in [4.78, 5) is 16.8. The molecular weight excluding hydrogens is 433 g/mol. The normalized spacial score (nSPS) is 14.4. The zero-order valence-electron chi connectivity index (χ0n) is 16.6. The maximum atomic E-state index is 12.9. The summed E-state index contributed by atoms with van der Waals surface area (Å²) in [5.41, 5.74) is 1.94. The van der Waals surface area contributed by atoms with Gasteiger partial charge in [-0.1, -0.05) is 41.4 Å². The number of halogens is 2. The fourth-order valence-corrected chi connectivity index (χ4v) is 3.79. The van der Waals surface area contributed by atoms with Crippen LogP contribution in [-0.4, -0.2) is 37.0 Å². The Morgan fingerprint density at radius 3 is 2.39 bits per heavy atom. The molecule has 0 atom stereocenters. The Morgan fingerprint density at radius 2 is 1.71 bits per heavy atom. The number of rotatable bonds is 4. The number of para-hydroxylation sites is 1. The van der Waals surface area contributed by atoms with E-state index in [9.17, 15) is 10.1 Å². The number of hydrogen-bond donors (Lipinski definition) is 0. The van der Waals surface area contributed by atoms with E-state index in [0.717, 1.165) is 24.3 Å². The van der Waals surface area contributed by atoms with Gasteiger partial charge in [-0.25, -0.2) is 0 Å². The van der Waals surface area contributed by atoms with Crippen molar-refractivity contribution in [2.45, 2.75) is 0 Å². The van der Waals surface area contributed by atoms with E-state index in [0.29, 0.717) is 34.7 Å². The SMILES string of the molecule is N#C/C(=C\c1ccc(-c2ccc(Cl)c(Cl)c2)o1)C(=O)N1CCN(c2ccccc2)CC1. The molecule has 7 heteroatoms. The number of nitrogens with zero attached hydrogens (tertiary/aromatic N) is 3. The van der Waals surface area contributed by atoms with Gasteiger partial charge in [0.15, 0.2) is 0 Å². The van der Waals surface area contributed by atoms with Gasteiger partial charge >= 0.3 is 0 Å². The Labute approximate surface area is 190 Å². The third-order valence-electron chi connectivity index (χ3n) is 5.16. The Balaban J connectivity index is 1.45. The van der Waals surface area contributed by atoms with E-state index in [1.54, 1.807) is 35.2 Å². The zero-order valence-corrected chi connectivity index (χ0v) is 18.1. The Kier molecular flexibility index (Phi) is 6.31. The molecule has 0 aliphatic carbocycles. The Morgan fingerprint density at radius 1 is 0.968 bits per heavy atom. The maximum Gasteiger partial charge on any atom is 0.264 e. The van der Waals surface area contributed by atoms with Gasteiger partial charge in [-0.3, -0.25) is 4.79 Å². The second-order valence-electron chi connectivity index (χ2n) is 7.12. The molecular formula is C24H19Cl2N3O2. The number of amides is 1. The standard InChI is InChI=1S/C24H19Cl2N3O2/c25-21-8-6-17(15-22(21)26)23-9-7-20(31-23)14-18(16-27)24(30)29-12-10-28(11-13-29)19-4-2-1-3-5-19/h1-9,14-15H,10-13H2/b18-14+. The molecule has 31 heavy (non-hydrogen) atoms. The number of hydrogen-bond acceptors (Lipinski definition) is 4. The monoisotopic (exact) mass is 451 g/mol. The lowest BCUT2D eigenvalue weighted by molar-refractivity contribution is -0.126. The first-order chi connectivity index (χ1) is 15.0. The highest BCUT2D eigenvalue weighted by Gasteiger charge is 2.24. The van der Waals surface area contributed by atoms with E-state index in [1.807, 2.05) is 24.3 Å². The average Bonchev–Trinajstić information content (AvgIpc) is 3.28. The topological polar surface area (TPSA) is 60.5 Å². The first-order valence-corrected chi connectivity index (χ1v) is 10.6. The molecule has 2 heterocycles. The third kappa shape index (κ3) is 4.77. The Hall–Kier alpha value is -3.20. The molecule has 0 radical (unpaired) electrons. The van der Waals surface area contributed by atoms with Gasteiger partial charge in [0.05, 0.1) is 10.0 Å². The van der Waals surface area contributed by atoms with Crippen molar-refractivity contribution in [1.29, 1.82) is 5.26 Å². The molecule has 3 aromatic rings. The van der Waals surface area contributed by atoms with E-state index in [2.05, 4.69) is 17.0 Å². The van der Waals surface area contributed by atoms with E-state index < -0.39 is 0 Å². The first-order valence-electron chi connectivity index (χ1n) is 9.81. The van der Waals surface area contributed by atoms with Gasteiger partial charge in [-0.2, -0.15) is 5.26 Å². The van der Waals surface area contributed by atoms with Crippen molar-refractivity contribution in [3.05, 3.63) is 82.0 Å². The summed E-state index contributed by atoms with van der Waals surface area (Å²) in [5.74, 6) is 0.711. The van der Waals surface area contributed by atoms with Gasteiger partial charge in [-0.05, 0) is 42.5 Å². The summed E-state index contributed by atoms with van der Waals surface area (Å²) in [6, 6.07) is 20.8. The van der Waals surface area contributed by atoms with Crippen molar-refractivity contribution < 1.29 is 9.21 Å². The number of anilines is 1. The molecule has 1 fully saturated rings. The summed E-state index contributed by atoms with van der Waals surface area (Å²) in [5, 5.41) is 10.4. The van der Waals surface area contributed by atoms with Crippen LogP contribution in [0.1, 0.15) is 5.76 Å². The Bertz CT molecular complexity index is 1160. The number of carbonyl (C=O) groups excluding carboxylic acids is 1. The molecule has 0 N–H and O–H groups in total. The molecule has 5 nitrogen and oxygen atoms in total. The van der Waals surface area contributed by atoms with Crippen molar-refractivity contribution in [2.75, 3.05) is 31.1 Å². The highest BCUT2D eigenvalue weighted by atomic mass is 35.5. The largest absolute Gasteiger partial charge is 0.457 e. The van der Waals surface area contributed by atoms with Crippen LogP contribution in [0, 0.1) is 11.3 Å². The van der Waals surface area contributed by atoms with E-state index >= 15 is 0 Å². The number of piperazine rings is 1. The fourth-order valence-electron chi connectivity index (χ4n) is 3.50. The summed E-state index contributed by atoms with van der Waals surface area (Å²) in [6.45, 7) is 2.55. The van der Waals surface area contributed by atoms with Crippen molar-refractivity contribution in [3.8, 4) is 17.4 Å². The van der Waals surface area contributed by atoms with Crippen LogP contribution in [0.25, 0.3) is 17.4 Å². The van der Waals surface area contributed by atoms with Gasteiger partial charge in [0, 0.05) is 43.5 Å². The van der Waals surface area contributed by atoms with Crippen LogP contribution in [0.4, 0.5) is 5.69 Å². The minimum absolute atomic E-state index is 0.0446. The minimum atomic E-state index is -0.289. The molecule has 1 aliphatic rings. The van der Waals surface area contributed by atoms with Crippen molar-refractivity contribution in [1.82, 2.24) is 4.90 Å². The smallest absolute Gasteiger partial charge is 0.264 e. The van der Waals surface area contributed by atoms with Crippen LogP contribution in [0.2, 0.25) is 10.0 Å². The third-order valence-corrected chi connectivity index (χ3v) is 5.90. The molecule has 156 valence electrons. The quantitative estimate of drug-likeness (QED) is 0.387. The van der Waals surface area contributed by atoms with Gasteiger partial charge in [0.1, 0.15) is 23.2 Å². The van der Waals surface area contributed by atoms with Crippen LogP contribution in [0.5, 0.6) is 0 Å². The van der Waals surface area contributed by atoms with Gasteiger partial charge in [0.25, 0.3) is 5.91 Å². The van der Waals surface area contributed by atoms with Crippen molar-refractivity contribution >= 4 is 40.9 Å². The van der Waals surface area contributed by atoms with Crippen LogP contribution in [0.15, 0.2) is 70.7 Å². The number of furan rings is 1. The second kappa shape index (κ2) is 9.30. The lowest BCUT2D eigenvalue weighted by Crippen LogP contribution is -2.49. The lowest BCUT2D eigenvalue weighted by Gasteiger charge is -2.36. The second-order valence-corrected chi connectivity index (χ2v) is 7.93. The van der Waals surface area contributed by atoms with E-state index in [1.165, 1.54) is 6.08 Å². The predicted molar refractivity (Wildman–Crippen MR) is 123 cm³/mol. The number of carbonyl (C=O) groups is 1. The molecule has 1 amide bonds. The maximum absolute atomic E-state index is 12.9. The van der Waals surface area contributed by atoms with Crippen molar-refractivity contribution in [3.63, 3.8) is 0 Å². The van der Waals surface area contributed by atoms with Gasteiger partial charge < -0.3 is 14.2 Å². The fraction of sp³-hybridized carbons (Fsp3) is 0.167. The molecule has 0 spiro atoms. The van der Waals surface area contributed by atoms with Crippen molar-refractivity contribution in [2.24, 2.45) is 0 Å². The average molecular weight is 452 g/mol.